The summed E-state index contributed by atoms with van der Waals surface area (Å²) in [7, 11) is 0. The zero-order valence-corrected chi connectivity index (χ0v) is 14.7. The smallest absolute Gasteiger partial charge is 0.252 e. The minimum absolute atomic E-state index is 0.544. The van der Waals surface area contributed by atoms with Gasteiger partial charge >= 0.3 is 0 Å². The summed E-state index contributed by atoms with van der Waals surface area (Å²) in [6.07, 6.45) is 2.72. The summed E-state index contributed by atoms with van der Waals surface area (Å²) in [4.78, 5) is 15.3. The number of anilines is 1. The Bertz CT molecular complexity index is 875. The van der Waals surface area contributed by atoms with Gasteiger partial charge in [-0.05, 0) is 36.9 Å². The van der Waals surface area contributed by atoms with Crippen molar-refractivity contribution in [2.75, 3.05) is 25.0 Å². The number of likely N-dealkylation sites (tertiary alicyclic amines) is 1. The lowest BCUT2D eigenvalue weighted by atomic mass is 10.1. The van der Waals surface area contributed by atoms with E-state index in [9.17, 15) is 0 Å². The van der Waals surface area contributed by atoms with Crippen LogP contribution in [0.2, 0.25) is 0 Å². The van der Waals surface area contributed by atoms with Crippen molar-refractivity contribution < 1.29 is 4.42 Å². The van der Waals surface area contributed by atoms with Crippen LogP contribution in [0, 0.1) is 19.8 Å². The highest BCUT2D eigenvalue weighted by Crippen LogP contribution is 2.23. The first-order chi connectivity index (χ1) is 12.2. The van der Waals surface area contributed by atoms with Crippen molar-refractivity contribution in [2.45, 2.75) is 26.8 Å². The van der Waals surface area contributed by atoms with E-state index in [4.69, 9.17) is 4.42 Å². The second-order valence-electron chi connectivity index (χ2n) is 6.81. The average molecular weight is 337 g/mol. The van der Waals surface area contributed by atoms with E-state index >= 15 is 0 Å². The molecule has 0 radical (unpaired) electrons. The van der Waals surface area contributed by atoms with Crippen LogP contribution in [0.15, 0.2) is 35.0 Å². The molecule has 4 rings (SSSR count). The highest BCUT2D eigenvalue weighted by molar-refractivity contribution is 5.80. The van der Waals surface area contributed by atoms with Gasteiger partial charge in [0.15, 0.2) is 17.2 Å². The van der Waals surface area contributed by atoms with Crippen molar-refractivity contribution in [3.63, 3.8) is 0 Å². The van der Waals surface area contributed by atoms with Crippen molar-refractivity contribution in [3.05, 3.63) is 47.6 Å². The molecule has 6 heteroatoms. The van der Waals surface area contributed by atoms with Crippen LogP contribution in [0.5, 0.6) is 0 Å². The first-order valence-electron chi connectivity index (χ1n) is 8.78. The maximum absolute atomic E-state index is 5.46. The Balaban J connectivity index is 1.36. The lowest BCUT2D eigenvalue weighted by Crippen LogP contribution is -2.23. The second-order valence-corrected chi connectivity index (χ2v) is 6.81. The molecule has 6 nitrogen and oxygen atoms in total. The number of nitrogens with one attached hydrogen (secondary N) is 1. The van der Waals surface area contributed by atoms with Crippen LogP contribution in [0.25, 0.3) is 11.2 Å². The molecule has 0 aliphatic carbocycles. The van der Waals surface area contributed by atoms with Gasteiger partial charge in [0.1, 0.15) is 6.33 Å². The van der Waals surface area contributed by atoms with Gasteiger partial charge in [0.05, 0.1) is 0 Å². The third-order valence-corrected chi connectivity index (χ3v) is 4.89. The first kappa shape index (κ1) is 16.0. The summed E-state index contributed by atoms with van der Waals surface area (Å²) >= 11 is 0. The van der Waals surface area contributed by atoms with Crippen LogP contribution in [-0.2, 0) is 6.54 Å². The van der Waals surface area contributed by atoms with Crippen molar-refractivity contribution in [1.82, 2.24) is 19.9 Å². The zero-order valence-electron chi connectivity index (χ0n) is 14.7. The maximum atomic E-state index is 5.46. The van der Waals surface area contributed by atoms with Gasteiger partial charge in [-0.15, -0.1) is 0 Å². The summed E-state index contributed by atoms with van der Waals surface area (Å²) in [6, 6.07) is 8.64. The highest BCUT2D eigenvalue weighted by Gasteiger charge is 2.23. The predicted molar refractivity (Wildman–Crippen MR) is 97.4 cm³/mol. The number of benzene rings is 1. The third-order valence-electron chi connectivity index (χ3n) is 4.89. The van der Waals surface area contributed by atoms with Crippen LogP contribution in [0.4, 0.5) is 5.82 Å². The maximum Gasteiger partial charge on any atom is 0.252 e. The number of rotatable bonds is 5. The third kappa shape index (κ3) is 3.49. The van der Waals surface area contributed by atoms with Crippen molar-refractivity contribution in [1.29, 1.82) is 0 Å². The molecule has 1 aliphatic rings. The van der Waals surface area contributed by atoms with Gasteiger partial charge in [-0.1, -0.05) is 24.3 Å². The van der Waals surface area contributed by atoms with Crippen LogP contribution in [-0.4, -0.2) is 39.5 Å². The summed E-state index contributed by atoms with van der Waals surface area (Å²) in [6.45, 7) is 8.18. The number of hydrogen-bond donors (Lipinski definition) is 1. The Morgan fingerprint density at radius 3 is 3.00 bits per heavy atom. The highest BCUT2D eigenvalue weighted by atomic mass is 16.4. The molecule has 3 heterocycles. The fourth-order valence-electron chi connectivity index (χ4n) is 3.48. The zero-order chi connectivity index (χ0) is 17.2. The fourth-order valence-corrected chi connectivity index (χ4v) is 3.48. The predicted octanol–water partition coefficient (Wildman–Crippen LogP) is 3.17. The van der Waals surface area contributed by atoms with E-state index in [1.165, 1.54) is 23.9 Å². The van der Waals surface area contributed by atoms with Crippen LogP contribution in [0.1, 0.15) is 23.4 Å². The van der Waals surface area contributed by atoms with E-state index in [0.29, 0.717) is 17.5 Å². The van der Waals surface area contributed by atoms with E-state index in [2.05, 4.69) is 56.4 Å². The first-order valence-corrected chi connectivity index (χ1v) is 8.78. The molecule has 0 amide bonds. The molecule has 0 saturated carbocycles. The Morgan fingerprint density at radius 2 is 2.12 bits per heavy atom. The Morgan fingerprint density at radius 1 is 1.24 bits per heavy atom. The molecule has 1 fully saturated rings. The van der Waals surface area contributed by atoms with E-state index in [1.54, 1.807) is 0 Å². The summed E-state index contributed by atoms with van der Waals surface area (Å²) in [5.41, 5.74) is 4.05. The summed E-state index contributed by atoms with van der Waals surface area (Å²) in [5.74, 6) is 1.99. The average Bonchev–Trinajstić information content (AvgIpc) is 3.20. The van der Waals surface area contributed by atoms with E-state index in [-0.39, 0.29) is 0 Å². The van der Waals surface area contributed by atoms with Gasteiger partial charge in [-0.3, -0.25) is 4.90 Å². The van der Waals surface area contributed by atoms with Crippen LogP contribution >= 0.6 is 0 Å². The molecule has 1 saturated heterocycles. The standard InChI is InChI=1S/C19H23N5O/c1-13-5-3-4-6-16(13)11-24-8-7-15(10-24)9-20-18-17-19(22-12-21-18)25-14(2)23-17/h3-6,12,15H,7-11H2,1-2H3,(H,20,21,22)/t15-/m1/s1. The van der Waals surface area contributed by atoms with Gasteiger partial charge in [-0.2, -0.15) is 4.98 Å². The largest absolute Gasteiger partial charge is 0.422 e. The Kier molecular flexibility index (Phi) is 4.36. The van der Waals surface area contributed by atoms with E-state index in [1.807, 2.05) is 6.92 Å². The van der Waals surface area contributed by atoms with Crippen molar-refractivity contribution >= 4 is 17.0 Å². The minimum atomic E-state index is 0.544. The lowest BCUT2D eigenvalue weighted by Gasteiger charge is -2.17. The normalized spacial score (nSPS) is 18.1. The number of aromatic nitrogens is 3. The monoisotopic (exact) mass is 337 g/mol. The number of hydrogen-bond acceptors (Lipinski definition) is 6. The summed E-state index contributed by atoms with van der Waals surface area (Å²) < 4.78 is 5.46. The van der Waals surface area contributed by atoms with Crippen molar-refractivity contribution in [3.8, 4) is 0 Å². The molecule has 0 bridgehead atoms. The minimum Gasteiger partial charge on any atom is -0.422 e. The van der Waals surface area contributed by atoms with Crippen LogP contribution < -0.4 is 5.32 Å². The van der Waals surface area contributed by atoms with E-state index < -0.39 is 0 Å². The second kappa shape index (κ2) is 6.80. The SMILES string of the molecule is Cc1nc2c(NC[C@H]3CCN(Cc4ccccc4C)C3)ncnc2o1. The van der Waals surface area contributed by atoms with Gasteiger partial charge < -0.3 is 9.73 Å². The molecule has 1 N–H and O–H groups in total. The molecule has 1 atom stereocenters. The summed E-state index contributed by atoms with van der Waals surface area (Å²) in [5, 5.41) is 3.44. The molecule has 25 heavy (non-hydrogen) atoms. The molecule has 1 aliphatic heterocycles. The Labute approximate surface area is 147 Å². The fraction of sp³-hybridized carbons (Fsp3) is 0.421. The van der Waals surface area contributed by atoms with Gasteiger partial charge in [-0.25, -0.2) is 9.97 Å². The quantitative estimate of drug-likeness (QED) is 0.771. The van der Waals surface area contributed by atoms with Gasteiger partial charge in [0.25, 0.3) is 5.71 Å². The molecule has 130 valence electrons. The van der Waals surface area contributed by atoms with Crippen molar-refractivity contribution in [2.24, 2.45) is 5.92 Å². The molecule has 2 aromatic heterocycles. The van der Waals surface area contributed by atoms with Gasteiger partial charge in [0.2, 0.25) is 0 Å². The molecule has 1 aromatic carbocycles. The number of oxazole rings is 1. The molecule has 0 unspecified atom stereocenters. The molecule has 0 spiro atoms. The van der Waals surface area contributed by atoms with Gasteiger partial charge in [0, 0.05) is 26.6 Å². The van der Waals surface area contributed by atoms with E-state index in [0.717, 1.165) is 37.5 Å². The number of aryl methyl sites for hydroxylation is 2. The number of nitrogens with zero attached hydrogens (tertiary/aromatic N) is 4. The van der Waals surface area contributed by atoms with Crippen LogP contribution in [0.3, 0.4) is 0 Å². The molecular weight excluding hydrogens is 314 g/mol. The topological polar surface area (TPSA) is 67.1 Å². The lowest BCUT2D eigenvalue weighted by molar-refractivity contribution is 0.318. The number of fused-ring (bicyclic) bond motifs is 1. The molecule has 3 aromatic rings. The Hall–Kier alpha value is -2.47. The molecular formula is C19H23N5O.